The zero-order valence-corrected chi connectivity index (χ0v) is 19.0. The third kappa shape index (κ3) is 4.46. The molecule has 0 amide bonds. The van der Waals surface area contributed by atoms with Gasteiger partial charge in [-0.05, 0) is 29.5 Å². The quantitative estimate of drug-likeness (QED) is 0.364. The van der Waals surface area contributed by atoms with E-state index in [1.165, 1.54) is 6.20 Å². The molecule has 3 atom stereocenters. The Balaban J connectivity index is 1.66. The lowest BCUT2D eigenvalue weighted by Gasteiger charge is -2.34. The zero-order chi connectivity index (χ0) is 22.9. The standard InChI is InChI=1S/C24H23BrF3N3O/c1-2-15(17-10-6-7-11-19(17)25)12-21(32)18-14-29-31-22(24(26,27)28)13-20(30-23(18)31)16-8-4-3-5-9-16/h3-11,14-15,20,22,30H,2,12-13H2,1H3. The lowest BCUT2D eigenvalue weighted by Crippen LogP contribution is -2.36. The minimum absolute atomic E-state index is 0.0550. The number of halogens is 4. The van der Waals surface area contributed by atoms with E-state index in [1.807, 2.05) is 37.3 Å². The van der Waals surface area contributed by atoms with E-state index in [1.54, 1.807) is 24.3 Å². The Kier molecular flexibility index (Phi) is 6.42. The maximum atomic E-state index is 13.9. The second-order valence-electron chi connectivity index (χ2n) is 8.01. The third-order valence-electron chi connectivity index (χ3n) is 6.01. The van der Waals surface area contributed by atoms with Gasteiger partial charge in [-0.2, -0.15) is 18.3 Å². The highest BCUT2D eigenvalue weighted by molar-refractivity contribution is 9.10. The van der Waals surface area contributed by atoms with E-state index in [-0.39, 0.29) is 35.9 Å². The molecule has 1 aromatic heterocycles. The second-order valence-corrected chi connectivity index (χ2v) is 8.86. The van der Waals surface area contributed by atoms with E-state index in [4.69, 9.17) is 0 Å². The molecule has 0 radical (unpaired) electrons. The minimum Gasteiger partial charge on any atom is -0.363 e. The van der Waals surface area contributed by atoms with Gasteiger partial charge in [0, 0.05) is 17.3 Å². The van der Waals surface area contributed by atoms with Crippen molar-refractivity contribution < 1.29 is 18.0 Å². The van der Waals surface area contributed by atoms with Crippen molar-refractivity contribution in [3.05, 3.63) is 82.0 Å². The summed E-state index contributed by atoms with van der Waals surface area (Å²) in [6, 6.07) is 14.3. The summed E-state index contributed by atoms with van der Waals surface area (Å²) in [5.41, 5.74) is 1.95. The summed E-state index contributed by atoms with van der Waals surface area (Å²) in [4.78, 5) is 13.2. The monoisotopic (exact) mass is 505 g/mol. The molecular formula is C24H23BrF3N3O. The van der Waals surface area contributed by atoms with E-state index in [0.29, 0.717) is 0 Å². The highest BCUT2D eigenvalue weighted by Gasteiger charge is 2.47. The first-order valence-electron chi connectivity index (χ1n) is 10.5. The molecule has 168 valence electrons. The summed E-state index contributed by atoms with van der Waals surface area (Å²) in [5, 5.41) is 7.14. The van der Waals surface area contributed by atoms with Crippen molar-refractivity contribution in [1.82, 2.24) is 9.78 Å². The molecule has 4 nitrogen and oxygen atoms in total. The molecule has 3 unspecified atom stereocenters. The van der Waals surface area contributed by atoms with Crippen LogP contribution in [0.1, 0.15) is 65.7 Å². The molecule has 3 aromatic rings. The smallest absolute Gasteiger partial charge is 0.363 e. The number of Topliss-reactive ketones (excluding diaryl/α,β-unsaturated/α-hetero) is 1. The average molecular weight is 506 g/mol. The van der Waals surface area contributed by atoms with Gasteiger partial charge in [-0.15, -0.1) is 0 Å². The topological polar surface area (TPSA) is 46.9 Å². The molecule has 0 fully saturated rings. The summed E-state index contributed by atoms with van der Waals surface area (Å²) in [6.07, 6.45) is -2.49. The lowest BCUT2D eigenvalue weighted by molar-refractivity contribution is -0.173. The van der Waals surface area contributed by atoms with Gasteiger partial charge in [0.05, 0.1) is 17.8 Å². The van der Waals surface area contributed by atoms with Gasteiger partial charge in [0.15, 0.2) is 11.8 Å². The van der Waals surface area contributed by atoms with Crippen LogP contribution in [0.4, 0.5) is 19.0 Å². The third-order valence-corrected chi connectivity index (χ3v) is 6.73. The Bertz CT molecular complexity index is 1100. The Morgan fingerprint density at radius 3 is 2.53 bits per heavy atom. The van der Waals surface area contributed by atoms with Gasteiger partial charge in [-0.25, -0.2) is 4.68 Å². The van der Waals surface area contributed by atoms with Crippen LogP contribution in [-0.2, 0) is 0 Å². The first-order valence-corrected chi connectivity index (χ1v) is 11.3. The summed E-state index contributed by atoms with van der Waals surface area (Å²) < 4.78 is 43.4. The number of aromatic nitrogens is 2. The van der Waals surface area contributed by atoms with Crippen LogP contribution < -0.4 is 5.32 Å². The fourth-order valence-corrected chi connectivity index (χ4v) is 4.89. The zero-order valence-electron chi connectivity index (χ0n) is 17.4. The normalized spacial score (nSPS) is 19.2. The molecule has 4 rings (SSSR count). The molecule has 0 saturated carbocycles. The first-order chi connectivity index (χ1) is 15.3. The Hall–Kier alpha value is -2.61. The maximum Gasteiger partial charge on any atom is 0.410 e. The Morgan fingerprint density at radius 2 is 1.88 bits per heavy atom. The van der Waals surface area contributed by atoms with Crippen molar-refractivity contribution in [2.45, 2.75) is 50.4 Å². The van der Waals surface area contributed by atoms with Gasteiger partial charge in [0.25, 0.3) is 0 Å². The highest BCUT2D eigenvalue weighted by Crippen LogP contribution is 2.44. The molecule has 1 N–H and O–H groups in total. The number of carbonyl (C=O) groups excluding carboxylic acids is 1. The number of rotatable bonds is 6. The van der Waals surface area contributed by atoms with Crippen molar-refractivity contribution in [3.63, 3.8) is 0 Å². The van der Waals surface area contributed by atoms with Gasteiger partial charge in [-0.1, -0.05) is 71.4 Å². The number of benzene rings is 2. The Labute approximate surface area is 193 Å². The van der Waals surface area contributed by atoms with E-state index < -0.39 is 18.3 Å². The number of nitrogens with zero attached hydrogens (tertiary/aromatic N) is 2. The van der Waals surface area contributed by atoms with Crippen LogP contribution in [-0.4, -0.2) is 21.7 Å². The van der Waals surface area contributed by atoms with Crippen molar-refractivity contribution in [2.75, 3.05) is 5.32 Å². The maximum absolute atomic E-state index is 13.9. The van der Waals surface area contributed by atoms with Crippen LogP contribution in [0.2, 0.25) is 0 Å². The largest absolute Gasteiger partial charge is 0.410 e. The van der Waals surface area contributed by atoms with E-state index in [9.17, 15) is 18.0 Å². The van der Waals surface area contributed by atoms with Crippen LogP contribution >= 0.6 is 15.9 Å². The number of hydrogen-bond acceptors (Lipinski definition) is 3. The molecule has 8 heteroatoms. The first kappa shape index (κ1) is 22.6. The van der Waals surface area contributed by atoms with E-state index in [2.05, 4.69) is 26.3 Å². The van der Waals surface area contributed by atoms with E-state index in [0.717, 1.165) is 26.7 Å². The molecule has 2 aromatic carbocycles. The van der Waals surface area contributed by atoms with Gasteiger partial charge in [-0.3, -0.25) is 4.79 Å². The summed E-state index contributed by atoms with van der Waals surface area (Å²) in [7, 11) is 0. The SMILES string of the molecule is CCC(CC(=O)c1cnn2c1NC(c1ccccc1)CC2C(F)(F)F)c1ccccc1Br. The van der Waals surface area contributed by atoms with Gasteiger partial charge >= 0.3 is 6.18 Å². The molecule has 0 saturated heterocycles. The van der Waals surface area contributed by atoms with Crippen LogP contribution in [0.3, 0.4) is 0 Å². The average Bonchev–Trinajstić information content (AvgIpc) is 3.21. The lowest BCUT2D eigenvalue weighted by atomic mass is 9.89. The molecule has 1 aliphatic heterocycles. The van der Waals surface area contributed by atoms with Gasteiger partial charge in [0.2, 0.25) is 0 Å². The number of nitrogens with one attached hydrogen (secondary N) is 1. The van der Waals surface area contributed by atoms with Crippen molar-refractivity contribution >= 4 is 27.5 Å². The predicted molar refractivity (Wildman–Crippen MR) is 121 cm³/mol. The fourth-order valence-electron chi connectivity index (χ4n) is 4.28. The number of anilines is 1. The Morgan fingerprint density at radius 1 is 1.19 bits per heavy atom. The van der Waals surface area contributed by atoms with Crippen LogP contribution in [0.15, 0.2) is 65.3 Å². The second kappa shape index (κ2) is 9.10. The van der Waals surface area contributed by atoms with Gasteiger partial charge in [0.1, 0.15) is 5.82 Å². The number of alkyl halides is 3. The van der Waals surface area contributed by atoms with Crippen LogP contribution in [0.5, 0.6) is 0 Å². The van der Waals surface area contributed by atoms with Crippen molar-refractivity contribution in [2.24, 2.45) is 0 Å². The van der Waals surface area contributed by atoms with Crippen molar-refractivity contribution in [1.29, 1.82) is 0 Å². The van der Waals surface area contributed by atoms with Crippen LogP contribution in [0, 0.1) is 0 Å². The number of hydrogen-bond donors (Lipinski definition) is 1. The number of fused-ring (bicyclic) bond motifs is 1. The summed E-state index contributed by atoms with van der Waals surface area (Å²) >= 11 is 3.53. The highest BCUT2D eigenvalue weighted by atomic mass is 79.9. The molecule has 1 aliphatic rings. The molecule has 0 spiro atoms. The van der Waals surface area contributed by atoms with Crippen LogP contribution in [0.25, 0.3) is 0 Å². The van der Waals surface area contributed by atoms with E-state index >= 15 is 0 Å². The van der Waals surface area contributed by atoms with Crippen molar-refractivity contribution in [3.8, 4) is 0 Å². The molecule has 2 heterocycles. The predicted octanol–water partition coefficient (Wildman–Crippen LogP) is 7.07. The van der Waals surface area contributed by atoms with Gasteiger partial charge < -0.3 is 5.32 Å². The number of ketones is 1. The summed E-state index contributed by atoms with van der Waals surface area (Å²) in [5.74, 6) is -0.143. The summed E-state index contributed by atoms with van der Waals surface area (Å²) in [6.45, 7) is 1.99. The molecule has 32 heavy (non-hydrogen) atoms. The number of carbonyl (C=O) groups is 1. The molecular weight excluding hydrogens is 483 g/mol. The molecule has 0 aliphatic carbocycles. The molecule has 0 bridgehead atoms. The fraction of sp³-hybridized carbons (Fsp3) is 0.333. The minimum atomic E-state index is -4.48.